The summed E-state index contributed by atoms with van der Waals surface area (Å²) >= 11 is 2.10. The van der Waals surface area contributed by atoms with Crippen molar-refractivity contribution < 1.29 is 9.53 Å². The predicted molar refractivity (Wildman–Crippen MR) is 53.6 cm³/mol. The molecule has 0 aromatic heterocycles. The summed E-state index contributed by atoms with van der Waals surface area (Å²) in [5.41, 5.74) is 0.901. The number of hydrogen-bond donors (Lipinski definition) is 0. The molecular formula is C8H11IO2. The summed E-state index contributed by atoms with van der Waals surface area (Å²) in [6, 6.07) is 0. The van der Waals surface area contributed by atoms with Crippen LogP contribution in [0.5, 0.6) is 0 Å². The summed E-state index contributed by atoms with van der Waals surface area (Å²) in [5.74, 6) is -0.278. The van der Waals surface area contributed by atoms with Gasteiger partial charge in [0.2, 0.25) is 0 Å². The second kappa shape index (κ2) is 6.39. The molecule has 11 heavy (non-hydrogen) atoms. The molecule has 0 aliphatic carbocycles. The Balaban J connectivity index is 3.96. The third-order valence-electron chi connectivity index (χ3n) is 0.958. The fourth-order valence-corrected chi connectivity index (χ4v) is 1.08. The van der Waals surface area contributed by atoms with Crippen LogP contribution in [0.25, 0.3) is 0 Å². The van der Waals surface area contributed by atoms with Gasteiger partial charge in [0.25, 0.3) is 0 Å². The van der Waals surface area contributed by atoms with Crippen molar-refractivity contribution in [2.45, 2.75) is 13.8 Å². The number of allylic oxidation sites excluding steroid dienone is 2. The average molecular weight is 266 g/mol. The maximum Gasteiger partial charge on any atom is 0.330 e. The zero-order valence-corrected chi connectivity index (χ0v) is 8.79. The van der Waals surface area contributed by atoms with Crippen LogP contribution in [0.2, 0.25) is 0 Å². The molecule has 0 aliphatic heterocycles. The van der Waals surface area contributed by atoms with Crippen molar-refractivity contribution in [3.05, 3.63) is 21.8 Å². The second-order valence-electron chi connectivity index (χ2n) is 1.93. The first-order chi connectivity index (χ1) is 5.20. The SMILES string of the molecule is CCOC(=O)/C=C(C)/C=C/I. The first kappa shape index (κ1) is 10.7. The highest BCUT2D eigenvalue weighted by atomic mass is 127. The average Bonchev–Trinajstić information content (AvgIpc) is 1.87. The van der Waals surface area contributed by atoms with E-state index in [0.29, 0.717) is 6.61 Å². The number of esters is 1. The number of hydrogen-bond acceptors (Lipinski definition) is 2. The van der Waals surface area contributed by atoms with E-state index in [1.807, 2.05) is 17.1 Å². The van der Waals surface area contributed by atoms with Gasteiger partial charge in [-0.25, -0.2) is 4.79 Å². The van der Waals surface area contributed by atoms with Crippen LogP contribution in [0.4, 0.5) is 0 Å². The lowest BCUT2D eigenvalue weighted by molar-refractivity contribution is -0.137. The Morgan fingerprint density at radius 1 is 1.64 bits per heavy atom. The van der Waals surface area contributed by atoms with E-state index in [4.69, 9.17) is 4.74 Å². The molecule has 0 atom stereocenters. The summed E-state index contributed by atoms with van der Waals surface area (Å²) in [4.78, 5) is 10.8. The topological polar surface area (TPSA) is 26.3 Å². The summed E-state index contributed by atoms with van der Waals surface area (Å²) in [6.07, 6.45) is 3.32. The van der Waals surface area contributed by atoms with E-state index in [1.54, 1.807) is 6.92 Å². The molecule has 0 fully saturated rings. The smallest absolute Gasteiger partial charge is 0.330 e. The van der Waals surface area contributed by atoms with Gasteiger partial charge in [0.1, 0.15) is 0 Å². The first-order valence-corrected chi connectivity index (χ1v) is 4.57. The largest absolute Gasteiger partial charge is 0.463 e. The first-order valence-electron chi connectivity index (χ1n) is 3.32. The molecule has 0 heterocycles. The molecule has 62 valence electrons. The standard InChI is InChI=1S/C8H11IO2/c1-3-11-8(10)6-7(2)4-5-9/h4-6H,3H2,1-2H3/b5-4+,7-6+. The van der Waals surface area contributed by atoms with Crippen LogP contribution >= 0.6 is 22.6 Å². The van der Waals surface area contributed by atoms with Gasteiger partial charge in [-0.3, -0.25) is 0 Å². The molecule has 0 spiro atoms. The monoisotopic (exact) mass is 266 g/mol. The van der Waals surface area contributed by atoms with Crippen molar-refractivity contribution >= 4 is 28.6 Å². The van der Waals surface area contributed by atoms with Gasteiger partial charge in [-0.2, -0.15) is 0 Å². The van der Waals surface area contributed by atoms with E-state index in [0.717, 1.165) is 5.57 Å². The number of ether oxygens (including phenoxy) is 1. The fraction of sp³-hybridized carbons (Fsp3) is 0.375. The van der Waals surface area contributed by atoms with Crippen molar-refractivity contribution in [2.75, 3.05) is 6.61 Å². The minimum atomic E-state index is -0.278. The van der Waals surface area contributed by atoms with E-state index in [2.05, 4.69) is 22.6 Å². The van der Waals surface area contributed by atoms with E-state index in [-0.39, 0.29) is 5.97 Å². The van der Waals surface area contributed by atoms with Gasteiger partial charge in [0.05, 0.1) is 6.61 Å². The second-order valence-corrected chi connectivity index (χ2v) is 2.65. The van der Waals surface area contributed by atoms with Crippen molar-refractivity contribution in [1.29, 1.82) is 0 Å². The molecule has 0 N–H and O–H groups in total. The van der Waals surface area contributed by atoms with E-state index in [1.165, 1.54) is 6.08 Å². The molecule has 0 saturated heterocycles. The van der Waals surface area contributed by atoms with Gasteiger partial charge in [-0.15, -0.1) is 0 Å². The van der Waals surface area contributed by atoms with Crippen molar-refractivity contribution in [2.24, 2.45) is 0 Å². The molecule has 0 saturated carbocycles. The van der Waals surface area contributed by atoms with Gasteiger partial charge in [0, 0.05) is 6.08 Å². The van der Waals surface area contributed by atoms with Crippen LogP contribution in [-0.4, -0.2) is 12.6 Å². The van der Waals surface area contributed by atoms with E-state index < -0.39 is 0 Å². The lowest BCUT2D eigenvalue weighted by atomic mass is 10.3. The highest BCUT2D eigenvalue weighted by molar-refractivity contribution is 14.1. The summed E-state index contributed by atoms with van der Waals surface area (Å²) in [5, 5.41) is 0. The number of halogens is 1. The summed E-state index contributed by atoms with van der Waals surface area (Å²) in [7, 11) is 0. The lowest BCUT2D eigenvalue weighted by Gasteiger charge is -1.95. The van der Waals surface area contributed by atoms with Crippen molar-refractivity contribution in [3.63, 3.8) is 0 Å². The highest BCUT2D eigenvalue weighted by Crippen LogP contribution is 1.98. The molecule has 2 nitrogen and oxygen atoms in total. The molecular weight excluding hydrogens is 255 g/mol. The van der Waals surface area contributed by atoms with Crippen LogP contribution in [-0.2, 0) is 9.53 Å². The van der Waals surface area contributed by atoms with Crippen molar-refractivity contribution in [1.82, 2.24) is 0 Å². The zero-order chi connectivity index (χ0) is 8.69. The predicted octanol–water partition coefficient (Wildman–Crippen LogP) is 2.44. The Kier molecular flexibility index (Phi) is 6.21. The van der Waals surface area contributed by atoms with Crippen LogP contribution in [0.1, 0.15) is 13.8 Å². The maximum absolute atomic E-state index is 10.8. The van der Waals surface area contributed by atoms with Gasteiger partial charge in [-0.05, 0) is 23.5 Å². The van der Waals surface area contributed by atoms with E-state index >= 15 is 0 Å². The van der Waals surface area contributed by atoms with Gasteiger partial charge >= 0.3 is 5.97 Å². The molecule has 0 aromatic carbocycles. The van der Waals surface area contributed by atoms with Crippen molar-refractivity contribution in [3.8, 4) is 0 Å². The molecule has 0 rings (SSSR count). The molecule has 0 aromatic rings. The Hall–Kier alpha value is -0.320. The fourth-order valence-electron chi connectivity index (χ4n) is 0.517. The summed E-state index contributed by atoms with van der Waals surface area (Å²) in [6.45, 7) is 4.07. The van der Waals surface area contributed by atoms with Gasteiger partial charge in [0.15, 0.2) is 0 Å². The van der Waals surface area contributed by atoms with E-state index in [9.17, 15) is 4.79 Å². The zero-order valence-electron chi connectivity index (χ0n) is 6.63. The number of rotatable bonds is 3. The van der Waals surface area contributed by atoms with Gasteiger partial charge < -0.3 is 4.74 Å². The molecule has 0 amide bonds. The normalized spacial score (nSPS) is 12.1. The Morgan fingerprint density at radius 3 is 2.73 bits per heavy atom. The molecule has 3 heteroatoms. The molecule has 0 unspecified atom stereocenters. The summed E-state index contributed by atoms with van der Waals surface area (Å²) < 4.78 is 6.56. The number of carbonyl (C=O) groups excluding carboxylic acids is 1. The van der Waals surface area contributed by atoms with Crippen LogP contribution < -0.4 is 0 Å². The Bertz CT molecular complexity index is 183. The van der Waals surface area contributed by atoms with Crippen LogP contribution in [0, 0.1) is 0 Å². The highest BCUT2D eigenvalue weighted by Gasteiger charge is 1.93. The Morgan fingerprint density at radius 2 is 2.27 bits per heavy atom. The number of carbonyl (C=O) groups is 1. The third-order valence-corrected chi connectivity index (χ3v) is 1.32. The quantitative estimate of drug-likeness (QED) is 0.339. The lowest BCUT2D eigenvalue weighted by Crippen LogP contribution is -1.99. The molecule has 0 radical (unpaired) electrons. The van der Waals surface area contributed by atoms with Crippen LogP contribution in [0.15, 0.2) is 21.8 Å². The molecule has 0 bridgehead atoms. The third kappa shape index (κ3) is 6.09. The maximum atomic E-state index is 10.8. The minimum Gasteiger partial charge on any atom is -0.463 e. The Labute approximate surface area is 80.5 Å². The van der Waals surface area contributed by atoms with Gasteiger partial charge in [-0.1, -0.05) is 28.7 Å². The molecule has 0 aliphatic rings. The van der Waals surface area contributed by atoms with Crippen LogP contribution in [0.3, 0.4) is 0 Å². The minimum absolute atomic E-state index is 0.278.